The summed E-state index contributed by atoms with van der Waals surface area (Å²) in [7, 11) is -9.51. The van der Waals surface area contributed by atoms with E-state index in [0.29, 0.717) is 0 Å². The molecule has 0 aliphatic carbocycles. The first-order chi connectivity index (χ1) is 8.33. The van der Waals surface area contributed by atoms with Crippen molar-refractivity contribution in [3.63, 3.8) is 0 Å². The number of hydrogen-bond donors (Lipinski definition) is 2. The molecule has 4 N–H and O–H groups in total. The Labute approximate surface area is 121 Å². The van der Waals surface area contributed by atoms with Gasteiger partial charge in [0.1, 0.15) is 0 Å². The lowest BCUT2D eigenvalue weighted by molar-refractivity contribution is 0.102. The fraction of sp³-hybridized carbons (Fsp3) is 1.00. The Morgan fingerprint density at radius 2 is 1.63 bits per heavy atom. The molecular formula is C9H28N2O4Si4. The van der Waals surface area contributed by atoms with Crippen molar-refractivity contribution >= 4 is 35.0 Å². The van der Waals surface area contributed by atoms with Crippen LogP contribution in [0.5, 0.6) is 0 Å². The maximum absolute atomic E-state index is 6.52. The zero-order valence-corrected chi connectivity index (χ0v) is 17.2. The molecule has 10 heteroatoms. The van der Waals surface area contributed by atoms with E-state index in [1.807, 2.05) is 46.6 Å². The highest BCUT2D eigenvalue weighted by Crippen LogP contribution is 2.32. The van der Waals surface area contributed by atoms with E-state index in [4.69, 9.17) is 27.6 Å². The number of rotatable bonds is 1. The van der Waals surface area contributed by atoms with Gasteiger partial charge in [-0.25, -0.2) is 0 Å². The molecule has 3 unspecified atom stereocenters. The van der Waals surface area contributed by atoms with Gasteiger partial charge in [0.15, 0.2) is 0 Å². The highest BCUT2D eigenvalue weighted by molar-refractivity contribution is 6.86. The molecule has 0 aromatic heterocycles. The molecule has 0 spiro atoms. The van der Waals surface area contributed by atoms with Gasteiger partial charge >= 0.3 is 26.6 Å². The molecule has 19 heavy (non-hydrogen) atoms. The van der Waals surface area contributed by atoms with Crippen LogP contribution in [0.25, 0.3) is 0 Å². The SMILES string of the molecule is CC[C@@]1(C)O[Si](C)(N)O[SiH](C)O[Si](C)(C)O[Si]1(C)N. The van der Waals surface area contributed by atoms with Gasteiger partial charge in [-0.05, 0) is 46.1 Å². The number of nitrogens with two attached hydrogens (primary N) is 2. The van der Waals surface area contributed by atoms with Gasteiger partial charge in [-0.15, -0.1) is 0 Å². The second-order valence-electron chi connectivity index (χ2n) is 6.11. The van der Waals surface area contributed by atoms with E-state index in [0.717, 1.165) is 6.42 Å². The monoisotopic (exact) mass is 340 g/mol. The topological polar surface area (TPSA) is 89.0 Å². The summed E-state index contributed by atoms with van der Waals surface area (Å²) in [6, 6.07) is 0. The fourth-order valence-electron chi connectivity index (χ4n) is 2.39. The molecular weight excluding hydrogens is 312 g/mol. The molecule has 0 amide bonds. The van der Waals surface area contributed by atoms with Crippen molar-refractivity contribution in [2.24, 2.45) is 10.8 Å². The van der Waals surface area contributed by atoms with Gasteiger partial charge in [0.2, 0.25) is 0 Å². The van der Waals surface area contributed by atoms with Crippen molar-refractivity contribution < 1.29 is 16.8 Å². The van der Waals surface area contributed by atoms with Crippen LogP contribution in [0.3, 0.4) is 0 Å². The maximum Gasteiger partial charge on any atom is 0.410 e. The van der Waals surface area contributed by atoms with E-state index >= 15 is 0 Å². The average molecular weight is 341 g/mol. The lowest BCUT2D eigenvalue weighted by Gasteiger charge is -2.45. The Hall–Kier alpha value is 0.628. The second kappa shape index (κ2) is 5.44. The summed E-state index contributed by atoms with van der Waals surface area (Å²) in [5.74, 6) is 0. The third-order valence-corrected chi connectivity index (χ3v) is 17.5. The van der Waals surface area contributed by atoms with Crippen LogP contribution in [0.15, 0.2) is 0 Å². The second-order valence-corrected chi connectivity index (χ2v) is 18.3. The Bertz CT molecular complexity index is 342. The van der Waals surface area contributed by atoms with E-state index < -0.39 is 40.3 Å². The summed E-state index contributed by atoms with van der Waals surface area (Å²) in [4.78, 5) is 0. The Morgan fingerprint density at radius 1 is 1.11 bits per heavy atom. The zero-order chi connectivity index (χ0) is 15.1. The van der Waals surface area contributed by atoms with Gasteiger partial charge in [0, 0.05) is 0 Å². The molecule has 1 heterocycles. The van der Waals surface area contributed by atoms with Crippen LogP contribution in [-0.4, -0.2) is 40.3 Å². The van der Waals surface area contributed by atoms with Crippen LogP contribution in [0, 0.1) is 0 Å². The Kier molecular flexibility index (Phi) is 5.06. The summed E-state index contributed by atoms with van der Waals surface area (Å²) in [5, 5.41) is 12.2. The van der Waals surface area contributed by atoms with Crippen LogP contribution in [0.4, 0.5) is 0 Å². The van der Waals surface area contributed by atoms with Crippen LogP contribution in [-0.2, 0) is 16.8 Å². The van der Waals surface area contributed by atoms with Gasteiger partial charge in [-0.2, -0.15) is 0 Å². The van der Waals surface area contributed by atoms with Crippen LogP contribution >= 0.6 is 0 Å². The molecule has 0 bridgehead atoms. The van der Waals surface area contributed by atoms with Gasteiger partial charge < -0.3 is 27.6 Å². The van der Waals surface area contributed by atoms with E-state index in [1.165, 1.54) is 0 Å². The number of hydrogen-bond acceptors (Lipinski definition) is 6. The highest BCUT2D eigenvalue weighted by Gasteiger charge is 2.55. The average Bonchev–Trinajstić information content (AvgIpc) is 2.11. The van der Waals surface area contributed by atoms with E-state index in [2.05, 4.69) is 0 Å². The van der Waals surface area contributed by atoms with Gasteiger partial charge in [0.05, 0.1) is 5.22 Å². The van der Waals surface area contributed by atoms with Crippen molar-refractivity contribution in [3.8, 4) is 0 Å². The molecule has 4 atom stereocenters. The fourth-order valence-corrected chi connectivity index (χ4v) is 17.8. The maximum atomic E-state index is 6.52. The summed E-state index contributed by atoms with van der Waals surface area (Å²) >= 11 is 0. The first kappa shape index (κ1) is 17.7. The smallest absolute Gasteiger partial charge is 0.410 e. The summed E-state index contributed by atoms with van der Waals surface area (Å²) < 4.78 is 24.4. The first-order valence-electron chi connectivity index (χ1n) is 6.66. The zero-order valence-electron chi connectivity index (χ0n) is 13.1. The molecule has 114 valence electrons. The molecule has 1 aliphatic rings. The molecule has 1 fully saturated rings. The molecule has 0 aromatic rings. The van der Waals surface area contributed by atoms with Crippen molar-refractivity contribution in [2.45, 2.75) is 58.2 Å². The minimum absolute atomic E-state index is 0.561. The van der Waals surface area contributed by atoms with E-state index in [-0.39, 0.29) is 0 Å². The van der Waals surface area contributed by atoms with Gasteiger partial charge in [0.25, 0.3) is 8.48 Å². The molecule has 0 saturated carbocycles. The molecule has 1 aliphatic heterocycles. The minimum Gasteiger partial charge on any atom is -0.423 e. The Morgan fingerprint density at radius 3 is 2.11 bits per heavy atom. The van der Waals surface area contributed by atoms with Gasteiger partial charge in [-0.1, -0.05) is 6.92 Å². The van der Waals surface area contributed by atoms with Crippen molar-refractivity contribution in [1.29, 1.82) is 0 Å². The Balaban J connectivity index is 3.20. The van der Waals surface area contributed by atoms with Crippen LogP contribution in [0.2, 0.25) is 32.7 Å². The largest absolute Gasteiger partial charge is 0.423 e. The third-order valence-electron chi connectivity index (χ3n) is 3.46. The van der Waals surface area contributed by atoms with Crippen molar-refractivity contribution in [1.82, 2.24) is 0 Å². The third kappa shape index (κ3) is 4.30. The summed E-state index contributed by atoms with van der Waals surface area (Å²) in [6.07, 6.45) is 0.746. The summed E-state index contributed by atoms with van der Waals surface area (Å²) in [5.41, 5.74) is 0. The van der Waals surface area contributed by atoms with E-state index in [9.17, 15) is 0 Å². The highest BCUT2D eigenvalue weighted by atomic mass is 28.5. The van der Waals surface area contributed by atoms with Crippen molar-refractivity contribution in [2.75, 3.05) is 0 Å². The first-order valence-corrected chi connectivity index (χ1v) is 16.5. The minimum atomic E-state index is -2.74. The predicted molar refractivity (Wildman–Crippen MR) is 85.1 cm³/mol. The predicted octanol–water partition coefficient (Wildman–Crippen LogP) is 0.885. The molecule has 0 aromatic carbocycles. The summed E-state index contributed by atoms with van der Waals surface area (Å²) in [6.45, 7) is 13.8. The van der Waals surface area contributed by atoms with E-state index in [1.54, 1.807) is 0 Å². The van der Waals surface area contributed by atoms with Crippen LogP contribution in [0.1, 0.15) is 20.3 Å². The molecule has 1 saturated heterocycles. The van der Waals surface area contributed by atoms with Crippen LogP contribution < -0.4 is 10.8 Å². The normalized spacial score (nSPS) is 48.2. The lowest BCUT2D eigenvalue weighted by atomic mass is 10.3. The quantitative estimate of drug-likeness (QED) is 0.689. The van der Waals surface area contributed by atoms with Gasteiger partial charge in [-0.3, -0.25) is 0 Å². The molecule has 0 radical (unpaired) electrons. The lowest BCUT2D eigenvalue weighted by Crippen LogP contribution is -2.71. The molecule has 6 nitrogen and oxygen atoms in total. The van der Waals surface area contributed by atoms with Crippen molar-refractivity contribution in [3.05, 3.63) is 0 Å². The standard InChI is InChI=1S/C9H28N2O4Si4/c1-8-9(2)12-19(7,11)14-16(3)13-17(4,5)15-18(9,6)10/h16H,8,10-11H2,1-7H3/t9-,16?,18?,19?/m0/s1. The molecule has 1 rings (SSSR count).